The number of aromatic carboxylic acids is 1. The molecule has 17 heteroatoms. The van der Waals surface area contributed by atoms with Crippen molar-refractivity contribution < 1.29 is 47.2 Å². The van der Waals surface area contributed by atoms with Crippen LogP contribution in [0.4, 0.5) is 4.79 Å². The molecule has 0 saturated carbocycles. The third-order valence-electron chi connectivity index (χ3n) is 5.78. The van der Waals surface area contributed by atoms with Gasteiger partial charge in [0.25, 0.3) is 0 Å². The molecular weight excluding hydrogens is 513 g/mol. The molecule has 0 radical (unpaired) electrons. The van der Waals surface area contributed by atoms with Crippen LogP contribution in [0.25, 0.3) is 0 Å². The summed E-state index contributed by atoms with van der Waals surface area (Å²) in [7, 11) is -5.45. The zero-order valence-corrected chi connectivity index (χ0v) is 20.8. The Bertz CT molecular complexity index is 1230. The number of likely N-dealkylation sites (N-methyl/N-ethyl adjacent to an activating group) is 1. The van der Waals surface area contributed by atoms with Crippen molar-refractivity contribution in [3.05, 3.63) is 29.3 Å². The standard InChI is InChI=1S/C20H26BN5O10S/c1-3-25-7-8-26(18(29)17(25)28)20(32)23-13(10-22-37(2,34)35)16(27)24-14-9-11-5-4-6-12(19(30)31)15(11)36-21(14)33/h4-6,13-14,22,33H,3,7-10H2,1-2H3,(H,23,32)(H,24,27)(H,30,31)/t13-,14+/m1/s1. The number of carbonyl (C=O) groups is 5. The summed E-state index contributed by atoms with van der Waals surface area (Å²) in [6.45, 7) is 1.30. The molecule has 200 valence electrons. The molecule has 0 spiro atoms. The van der Waals surface area contributed by atoms with Gasteiger partial charge in [-0.2, -0.15) is 0 Å². The Morgan fingerprint density at radius 1 is 1.22 bits per heavy atom. The average Bonchev–Trinajstić information content (AvgIpc) is 2.82. The van der Waals surface area contributed by atoms with Crippen molar-refractivity contribution in [3.63, 3.8) is 0 Å². The van der Waals surface area contributed by atoms with Gasteiger partial charge in [0, 0.05) is 26.2 Å². The van der Waals surface area contributed by atoms with Crippen LogP contribution in [0.1, 0.15) is 22.8 Å². The number of nitrogens with one attached hydrogen (secondary N) is 3. The number of imide groups is 1. The number of benzene rings is 1. The first kappa shape index (κ1) is 27.9. The Morgan fingerprint density at radius 3 is 2.54 bits per heavy atom. The molecule has 0 bridgehead atoms. The van der Waals surface area contributed by atoms with E-state index in [4.69, 9.17) is 4.65 Å². The maximum Gasteiger partial charge on any atom is 0.547 e. The minimum Gasteiger partial charge on any atom is -0.534 e. The maximum atomic E-state index is 13.0. The summed E-state index contributed by atoms with van der Waals surface area (Å²) in [6, 6.07) is 1.68. The molecule has 5 amide bonds. The van der Waals surface area contributed by atoms with Crippen molar-refractivity contribution in [3.8, 4) is 5.75 Å². The average molecular weight is 539 g/mol. The third-order valence-corrected chi connectivity index (χ3v) is 6.47. The van der Waals surface area contributed by atoms with Gasteiger partial charge in [-0.1, -0.05) is 12.1 Å². The third kappa shape index (κ3) is 6.55. The van der Waals surface area contributed by atoms with Crippen LogP contribution in [-0.4, -0.2) is 110 Å². The number of hydrogen-bond acceptors (Lipinski definition) is 9. The van der Waals surface area contributed by atoms with Crippen LogP contribution in [0.2, 0.25) is 0 Å². The number of amides is 5. The SMILES string of the molecule is CCN1CCN(C(=O)N[C@H](CNS(C)(=O)=O)C(=O)N[C@H]2Cc3cccc(C(=O)O)c3OB2O)C(=O)C1=O. The highest BCUT2D eigenvalue weighted by Gasteiger charge is 2.40. The van der Waals surface area contributed by atoms with Crippen LogP contribution < -0.4 is 20.0 Å². The number of sulfonamides is 1. The summed E-state index contributed by atoms with van der Waals surface area (Å²) < 4.78 is 30.6. The zero-order valence-electron chi connectivity index (χ0n) is 20.0. The van der Waals surface area contributed by atoms with Crippen LogP contribution in [0.5, 0.6) is 5.75 Å². The fraction of sp³-hybridized carbons (Fsp3) is 0.450. The van der Waals surface area contributed by atoms with Crippen LogP contribution in [0.3, 0.4) is 0 Å². The molecule has 1 aromatic carbocycles. The maximum absolute atomic E-state index is 13.0. The molecule has 2 aliphatic heterocycles. The molecule has 2 atom stereocenters. The summed E-state index contributed by atoms with van der Waals surface area (Å²) in [5.41, 5.74) is 0.217. The van der Waals surface area contributed by atoms with Gasteiger partial charge in [0.2, 0.25) is 15.9 Å². The number of carboxylic acids is 1. The molecule has 1 saturated heterocycles. The first-order chi connectivity index (χ1) is 17.3. The van der Waals surface area contributed by atoms with E-state index in [1.165, 1.54) is 17.0 Å². The molecule has 2 aliphatic rings. The van der Waals surface area contributed by atoms with Gasteiger partial charge >= 0.3 is 30.9 Å². The summed E-state index contributed by atoms with van der Waals surface area (Å²) in [4.78, 5) is 63.5. The summed E-state index contributed by atoms with van der Waals surface area (Å²) in [6.07, 6.45) is 0.807. The fourth-order valence-corrected chi connectivity index (χ4v) is 4.31. The quantitative estimate of drug-likeness (QED) is 0.168. The van der Waals surface area contributed by atoms with Crippen LogP contribution in [0.15, 0.2) is 18.2 Å². The molecule has 2 heterocycles. The fourth-order valence-electron chi connectivity index (χ4n) is 3.84. The van der Waals surface area contributed by atoms with E-state index in [1.807, 2.05) is 0 Å². The van der Waals surface area contributed by atoms with E-state index in [0.29, 0.717) is 10.5 Å². The van der Waals surface area contributed by atoms with Crippen molar-refractivity contribution in [1.82, 2.24) is 25.2 Å². The van der Waals surface area contributed by atoms with E-state index < -0.39 is 65.4 Å². The van der Waals surface area contributed by atoms with E-state index in [9.17, 15) is 42.5 Å². The van der Waals surface area contributed by atoms with Gasteiger partial charge in [-0.3, -0.25) is 19.3 Å². The molecule has 37 heavy (non-hydrogen) atoms. The Morgan fingerprint density at radius 2 is 1.92 bits per heavy atom. The number of rotatable bonds is 8. The van der Waals surface area contributed by atoms with Gasteiger partial charge in [0.15, 0.2) is 0 Å². The first-order valence-corrected chi connectivity index (χ1v) is 13.1. The second-order valence-corrected chi connectivity index (χ2v) is 10.2. The lowest BCUT2D eigenvalue weighted by Gasteiger charge is -2.33. The zero-order chi connectivity index (χ0) is 27.5. The monoisotopic (exact) mass is 539 g/mol. The molecule has 0 aliphatic carbocycles. The van der Waals surface area contributed by atoms with Gasteiger partial charge < -0.3 is 30.3 Å². The minimum atomic E-state index is -3.79. The number of carbonyl (C=O) groups excluding carboxylic acids is 4. The van der Waals surface area contributed by atoms with E-state index in [2.05, 4.69) is 15.4 Å². The number of urea groups is 1. The summed E-state index contributed by atoms with van der Waals surface area (Å²) in [5.74, 6) is -5.32. The number of carboxylic acid groups (broad SMARTS) is 1. The van der Waals surface area contributed by atoms with Gasteiger partial charge in [-0.05, 0) is 25.0 Å². The van der Waals surface area contributed by atoms with Gasteiger partial charge in [0.1, 0.15) is 11.8 Å². The molecule has 3 rings (SSSR count). The van der Waals surface area contributed by atoms with Gasteiger partial charge in [-0.15, -0.1) is 0 Å². The lowest BCUT2D eigenvalue weighted by Crippen LogP contribution is -2.63. The van der Waals surface area contributed by atoms with Crippen molar-refractivity contribution >= 4 is 46.9 Å². The molecule has 15 nitrogen and oxygen atoms in total. The Balaban J connectivity index is 1.75. The van der Waals surface area contributed by atoms with Crippen molar-refractivity contribution in [2.45, 2.75) is 25.3 Å². The van der Waals surface area contributed by atoms with Gasteiger partial charge in [0.05, 0.1) is 17.8 Å². The lowest BCUT2D eigenvalue weighted by molar-refractivity contribution is -0.153. The van der Waals surface area contributed by atoms with E-state index in [0.717, 1.165) is 6.26 Å². The number of hydrogen-bond donors (Lipinski definition) is 5. The Labute approximate surface area is 212 Å². The first-order valence-electron chi connectivity index (χ1n) is 11.2. The Kier molecular flexibility index (Phi) is 8.40. The smallest absolute Gasteiger partial charge is 0.534 e. The molecule has 1 fully saturated rings. The van der Waals surface area contributed by atoms with Crippen molar-refractivity contribution in [2.75, 3.05) is 32.4 Å². The minimum absolute atomic E-state index is 0.0322. The number of nitrogens with zero attached hydrogens (tertiary/aromatic N) is 2. The topological polar surface area (TPSA) is 212 Å². The van der Waals surface area contributed by atoms with E-state index >= 15 is 0 Å². The largest absolute Gasteiger partial charge is 0.547 e. The summed E-state index contributed by atoms with van der Waals surface area (Å²) >= 11 is 0. The number of para-hydroxylation sites is 1. The molecule has 5 N–H and O–H groups in total. The van der Waals surface area contributed by atoms with E-state index in [1.54, 1.807) is 13.0 Å². The molecule has 0 aromatic heterocycles. The Hall–Kier alpha value is -3.70. The van der Waals surface area contributed by atoms with Gasteiger partial charge in [-0.25, -0.2) is 22.7 Å². The van der Waals surface area contributed by atoms with Crippen molar-refractivity contribution in [2.24, 2.45) is 0 Å². The highest BCUT2D eigenvalue weighted by Crippen LogP contribution is 2.30. The second kappa shape index (κ2) is 11.1. The summed E-state index contributed by atoms with van der Waals surface area (Å²) in [5, 5.41) is 24.4. The second-order valence-electron chi connectivity index (χ2n) is 8.39. The molecule has 0 unspecified atom stereocenters. The lowest BCUT2D eigenvalue weighted by atomic mass is 9.72. The highest BCUT2D eigenvalue weighted by atomic mass is 32.2. The van der Waals surface area contributed by atoms with Crippen LogP contribution in [0, 0.1) is 0 Å². The van der Waals surface area contributed by atoms with Crippen molar-refractivity contribution in [1.29, 1.82) is 0 Å². The van der Waals surface area contributed by atoms with E-state index in [-0.39, 0.29) is 37.4 Å². The normalized spacial score (nSPS) is 18.6. The number of piperazine rings is 1. The number of fused-ring (bicyclic) bond motifs is 1. The van der Waals surface area contributed by atoms with Crippen LogP contribution >= 0.6 is 0 Å². The predicted octanol–water partition coefficient (Wildman–Crippen LogP) is -2.86. The highest BCUT2D eigenvalue weighted by molar-refractivity contribution is 7.88. The predicted molar refractivity (Wildman–Crippen MR) is 127 cm³/mol. The van der Waals surface area contributed by atoms with Crippen LogP contribution in [-0.2, 0) is 30.8 Å². The molecular formula is C20H26BN5O10S. The molecule has 1 aromatic rings.